The number of rotatable bonds is 7. The summed E-state index contributed by atoms with van der Waals surface area (Å²) in [7, 11) is 1.50. The molecule has 3 heterocycles. The van der Waals surface area contributed by atoms with Crippen molar-refractivity contribution in [2.75, 3.05) is 12.4 Å². The number of ether oxygens (including phenoxy) is 1. The van der Waals surface area contributed by atoms with Crippen LogP contribution in [0.2, 0.25) is 5.02 Å². The zero-order valence-corrected chi connectivity index (χ0v) is 18.1. The van der Waals surface area contributed by atoms with Gasteiger partial charge in [-0.15, -0.1) is 0 Å². The van der Waals surface area contributed by atoms with Gasteiger partial charge in [-0.2, -0.15) is 5.26 Å². The highest BCUT2D eigenvalue weighted by Crippen LogP contribution is 2.27. The van der Waals surface area contributed by atoms with Crippen molar-refractivity contribution in [1.82, 2.24) is 20.3 Å². The zero-order chi connectivity index (χ0) is 23.1. The Morgan fingerprint density at radius 3 is 2.59 bits per heavy atom. The van der Waals surface area contributed by atoms with E-state index in [1.807, 2.05) is 6.07 Å². The number of aromatic nitrogens is 3. The van der Waals surface area contributed by atoms with Crippen molar-refractivity contribution in [1.29, 1.82) is 5.26 Å². The number of anilines is 1. The molecule has 0 radical (unpaired) electrons. The number of hydrogen-bond acceptors (Lipinski definition) is 7. The predicted molar refractivity (Wildman–Crippen MR) is 118 cm³/mol. The fourth-order valence-electron chi connectivity index (χ4n) is 2.71. The van der Waals surface area contributed by atoms with Crippen LogP contribution in [0, 0.1) is 11.3 Å². The van der Waals surface area contributed by atoms with E-state index in [1.165, 1.54) is 19.3 Å². The van der Waals surface area contributed by atoms with Gasteiger partial charge in [0.2, 0.25) is 5.91 Å². The second-order valence-electron chi connectivity index (χ2n) is 6.69. The van der Waals surface area contributed by atoms with Crippen molar-refractivity contribution in [3.63, 3.8) is 0 Å². The van der Waals surface area contributed by atoms with Gasteiger partial charge in [0.15, 0.2) is 6.10 Å². The molecule has 1 unspecified atom stereocenters. The van der Waals surface area contributed by atoms with E-state index in [-0.39, 0.29) is 34.8 Å². The second kappa shape index (κ2) is 10.3. The largest absolute Gasteiger partial charge is 0.479 e. The van der Waals surface area contributed by atoms with E-state index in [1.54, 1.807) is 43.6 Å². The lowest BCUT2D eigenvalue weighted by Gasteiger charge is -2.15. The van der Waals surface area contributed by atoms with E-state index in [0.29, 0.717) is 17.0 Å². The summed E-state index contributed by atoms with van der Waals surface area (Å²) in [6, 6.07) is 10.4. The molecule has 2 N–H and O–H groups in total. The molecular weight excluding hydrogens is 432 g/mol. The van der Waals surface area contributed by atoms with Crippen LogP contribution in [0.1, 0.15) is 18.2 Å². The lowest BCUT2D eigenvalue weighted by atomic mass is 10.1. The summed E-state index contributed by atoms with van der Waals surface area (Å²) in [6.45, 7) is 1.58. The van der Waals surface area contributed by atoms with E-state index in [4.69, 9.17) is 21.6 Å². The van der Waals surface area contributed by atoms with Gasteiger partial charge in [0.05, 0.1) is 18.3 Å². The van der Waals surface area contributed by atoms with Crippen molar-refractivity contribution in [2.24, 2.45) is 0 Å². The van der Waals surface area contributed by atoms with Gasteiger partial charge in [0, 0.05) is 31.1 Å². The minimum atomic E-state index is -0.764. The summed E-state index contributed by atoms with van der Waals surface area (Å²) < 4.78 is 5.54. The van der Waals surface area contributed by atoms with Gasteiger partial charge in [0.1, 0.15) is 28.4 Å². The smallest absolute Gasteiger partial charge is 0.260 e. The average Bonchev–Trinajstić information content (AvgIpc) is 2.81. The third kappa shape index (κ3) is 5.77. The zero-order valence-electron chi connectivity index (χ0n) is 17.3. The molecule has 0 aromatic carbocycles. The molecule has 2 amide bonds. The molecule has 1 atom stereocenters. The van der Waals surface area contributed by atoms with E-state index < -0.39 is 6.10 Å². The topological polar surface area (TPSA) is 130 Å². The summed E-state index contributed by atoms with van der Waals surface area (Å²) in [5.74, 6) is -0.141. The highest BCUT2D eigenvalue weighted by molar-refractivity contribution is 6.32. The molecule has 10 heteroatoms. The minimum absolute atomic E-state index is 0.0774. The normalized spacial score (nSPS) is 11.2. The molecule has 0 aliphatic rings. The van der Waals surface area contributed by atoms with Crippen molar-refractivity contribution >= 4 is 29.2 Å². The molecule has 0 fully saturated rings. The Hall–Kier alpha value is -4.03. The standard InChI is InChI=1S/C22H19ClN6O3/c1-13(22(31)25-2)32-19-8-20(28-12-17(19)23)29-21(30)7-14-3-6-18(27-10-14)15-4-5-16(9-24)26-11-15/h3-6,8,10-13H,7H2,1-2H3,(H,25,31)(H,28,29,30). The number of pyridine rings is 3. The molecule has 32 heavy (non-hydrogen) atoms. The second-order valence-corrected chi connectivity index (χ2v) is 7.10. The van der Waals surface area contributed by atoms with E-state index in [2.05, 4.69) is 25.6 Å². The van der Waals surface area contributed by atoms with E-state index in [0.717, 1.165) is 5.56 Å². The highest BCUT2D eigenvalue weighted by atomic mass is 35.5. The van der Waals surface area contributed by atoms with Crippen molar-refractivity contribution < 1.29 is 14.3 Å². The SMILES string of the molecule is CNC(=O)C(C)Oc1cc(NC(=O)Cc2ccc(-c3ccc(C#N)nc3)nc2)ncc1Cl. The van der Waals surface area contributed by atoms with Crippen LogP contribution in [0.4, 0.5) is 5.82 Å². The maximum Gasteiger partial charge on any atom is 0.260 e. The molecule has 3 aromatic rings. The van der Waals surface area contributed by atoms with E-state index in [9.17, 15) is 9.59 Å². The van der Waals surface area contributed by atoms with Gasteiger partial charge in [-0.1, -0.05) is 17.7 Å². The fraction of sp³-hybridized carbons (Fsp3) is 0.182. The summed E-state index contributed by atoms with van der Waals surface area (Å²) in [5.41, 5.74) is 2.47. The number of carbonyl (C=O) groups is 2. The number of nitrogens with one attached hydrogen (secondary N) is 2. The maximum absolute atomic E-state index is 12.4. The Balaban J connectivity index is 1.63. The minimum Gasteiger partial charge on any atom is -0.479 e. The first kappa shape index (κ1) is 22.7. The summed E-state index contributed by atoms with van der Waals surface area (Å²) in [4.78, 5) is 36.5. The molecule has 162 valence electrons. The first-order chi connectivity index (χ1) is 15.4. The van der Waals surface area contributed by atoms with Crippen molar-refractivity contribution in [3.8, 4) is 23.1 Å². The van der Waals surface area contributed by atoms with Crippen LogP contribution >= 0.6 is 11.6 Å². The maximum atomic E-state index is 12.4. The Labute approximate surface area is 189 Å². The molecule has 0 aliphatic carbocycles. The summed E-state index contributed by atoms with van der Waals surface area (Å²) >= 11 is 6.08. The summed E-state index contributed by atoms with van der Waals surface area (Å²) in [6.07, 6.45) is 3.82. The molecule has 3 aromatic heterocycles. The molecule has 0 aliphatic heterocycles. The van der Waals surface area contributed by atoms with Crippen LogP contribution < -0.4 is 15.4 Å². The van der Waals surface area contributed by atoms with Crippen molar-refractivity contribution in [3.05, 3.63) is 65.2 Å². The number of hydrogen-bond donors (Lipinski definition) is 2. The third-order valence-electron chi connectivity index (χ3n) is 4.37. The molecule has 0 bridgehead atoms. The Bertz CT molecular complexity index is 1160. The molecule has 0 saturated carbocycles. The average molecular weight is 451 g/mol. The number of nitriles is 1. The number of halogens is 1. The fourth-order valence-corrected chi connectivity index (χ4v) is 2.86. The Morgan fingerprint density at radius 1 is 1.16 bits per heavy atom. The van der Waals surface area contributed by atoms with Crippen LogP contribution in [0.15, 0.2) is 48.9 Å². The summed E-state index contributed by atoms with van der Waals surface area (Å²) in [5, 5.41) is 14.2. The number of amides is 2. The Kier molecular flexibility index (Phi) is 7.31. The molecule has 0 saturated heterocycles. The first-order valence-electron chi connectivity index (χ1n) is 9.54. The van der Waals surface area contributed by atoms with Gasteiger partial charge in [0.25, 0.3) is 5.91 Å². The van der Waals surface area contributed by atoms with Gasteiger partial charge < -0.3 is 15.4 Å². The quantitative estimate of drug-likeness (QED) is 0.566. The van der Waals surface area contributed by atoms with Crippen LogP contribution in [-0.4, -0.2) is 39.9 Å². The van der Waals surface area contributed by atoms with Gasteiger partial charge in [-0.25, -0.2) is 9.97 Å². The molecule has 9 nitrogen and oxygen atoms in total. The molecular formula is C22H19ClN6O3. The monoisotopic (exact) mass is 450 g/mol. The van der Waals surface area contributed by atoms with Crippen LogP contribution in [0.25, 0.3) is 11.3 Å². The van der Waals surface area contributed by atoms with E-state index >= 15 is 0 Å². The van der Waals surface area contributed by atoms with Gasteiger partial charge in [-0.3, -0.25) is 14.6 Å². The van der Waals surface area contributed by atoms with Crippen molar-refractivity contribution in [2.45, 2.75) is 19.4 Å². The number of nitrogens with zero attached hydrogens (tertiary/aromatic N) is 4. The first-order valence-corrected chi connectivity index (χ1v) is 9.92. The van der Waals surface area contributed by atoms with Crippen LogP contribution in [0.5, 0.6) is 5.75 Å². The Morgan fingerprint density at radius 2 is 1.97 bits per heavy atom. The van der Waals surface area contributed by atoms with Gasteiger partial charge >= 0.3 is 0 Å². The van der Waals surface area contributed by atoms with Gasteiger partial charge in [-0.05, 0) is 30.7 Å². The van der Waals surface area contributed by atoms with Crippen LogP contribution in [0.3, 0.4) is 0 Å². The lowest BCUT2D eigenvalue weighted by Crippen LogP contribution is -2.33. The predicted octanol–water partition coefficient (Wildman–Crippen LogP) is 2.76. The van der Waals surface area contributed by atoms with Crippen LogP contribution in [-0.2, 0) is 16.0 Å². The number of carbonyl (C=O) groups excluding carboxylic acids is 2. The third-order valence-corrected chi connectivity index (χ3v) is 4.65. The highest BCUT2D eigenvalue weighted by Gasteiger charge is 2.16. The molecule has 3 rings (SSSR count). The lowest BCUT2D eigenvalue weighted by molar-refractivity contribution is -0.126. The molecule has 0 spiro atoms. The number of likely N-dealkylation sites (N-methyl/N-ethyl adjacent to an activating group) is 1.